The van der Waals surface area contributed by atoms with E-state index in [2.05, 4.69) is 29.8 Å². The van der Waals surface area contributed by atoms with Gasteiger partial charge < -0.3 is 4.90 Å². The van der Waals surface area contributed by atoms with Gasteiger partial charge in [0.25, 0.3) is 0 Å². The van der Waals surface area contributed by atoms with Gasteiger partial charge in [-0.25, -0.2) is 9.97 Å². The molecule has 1 aliphatic carbocycles. The number of anilines is 1. The zero-order valence-electron chi connectivity index (χ0n) is 10.8. The molecule has 92 valence electrons. The highest BCUT2D eigenvalue weighted by molar-refractivity contribution is 5.39. The summed E-state index contributed by atoms with van der Waals surface area (Å²) in [5.74, 6) is 2.52. The molecule has 17 heavy (non-hydrogen) atoms. The van der Waals surface area contributed by atoms with Crippen molar-refractivity contribution in [3.63, 3.8) is 0 Å². The smallest absolute Gasteiger partial charge is 0.133 e. The topological polar surface area (TPSA) is 29.0 Å². The predicted molar refractivity (Wildman–Crippen MR) is 69.2 cm³/mol. The minimum absolute atomic E-state index is 0.412. The monoisotopic (exact) mass is 231 g/mol. The number of hydrogen-bond donors (Lipinski definition) is 0. The molecular weight excluding hydrogens is 210 g/mol. The van der Waals surface area contributed by atoms with Gasteiger partial charge in [-0.2, -0.15) is 0 Å². The van der Waals surface area contributed by atoms with Crippen molar-refractivity contribution >= 4 is 5.82 Å². The van der Waals surface area contributed by atoms with Crippen LogP contribution in [0.2, 0.25) is 0 Å². The van der Waals surface area contributed by atoms with E-state index >= 15 is 0 Å². The average Bonchev–Trinajstić information content (AvgIpc) is 3.08. The Hall–Kier alpha value is -1.12. The van der Waals surface area contributed by atoms with Crippen LogP contribution in [0.3, 0.4) is 0 Å². The summed E-state index contributed by atoms with van der Waals surface area (Å²) in [4.78, 5) is 11.5. The van der Waals surface area contributed by atoms with E-state index in [0.717, 1.165) is 18.2 Å². The molecule has 3 nitrogen and oxygen atoms in total. The van der Waals surface area contributed by atoms with E-state index in [4.69, 9.17) is 4.98 Å². The third-order valence-corrected chi connectivity index (χ3v) is 4.12. The van der Waals surface area contributed by atoms with Gasteiger partial charge in [0.05, 0.1) is 0 Å². The van der Waals surface area contributed by atoms with Crippen molar-refractivity contribution in [2.75, 3.05) is 18.0 Å². The van der Waals surface area contributed by atoms with E-state index in [1.807, 2.05) is 6.20 Å². The largest absolute Gasteiger partial charge is 0.356 e. The van der Waals surface area contributed by atoms with Crippen molar-refractivity contribution in [3.8, 4) is 0 Å². The van der Waals surface area contributed by atoms with Gasteiger partial charge in [-0.3, -0.25) is 0 Å². The highest BCUT2D eigenvalue weighted by Crippen LogP contribution is 2.52. The molecule has 0 amide bonds. The number of piperidine rings is 1. The van der Waals surface area contributed by atoms with Crippen molar-refractivity contribution in [1.29, 1.82) is 0 Å². The minimum Gasteiger partial charge on any atom is -0.356 e. The Bertz CT molecular complexity index is 410. The predicted octanol–water partition coefficient (Wildman–Crippen LogP) is 2.98. The lowest BCUT2D eigenvalue weighted by atomic mass is 9.95. The van der Waals surface area contributed by atoms with Crippen LogP contribution in [0.15, 0.2) is 12.3 Å². The molecule has 0 bridgehead atoms. The Labute approximate surface area is 103 Å². The van der Waals surface area contributed by atoms with Gasteiger partial charge in [0.1, 0.15) is 11.6 Å². The van der Waals surface area contributed by atoms with Crippen LogP contribution < -0.4 is 4.90 Å². The van der Waals surface area contributed by atoms with Gasteiger partial charge in [-0.1, -0.05) is 13.8 Å². The Morgan fingerprint density at radius 3 is 2.82 bits per heavy atom. The second kappa shape index (κ2) is 3.97. The van der Waals surface area contributed by atoms with Crippen molar-refractivity contribution in [2.24, 2.45) is 5.41 Å². The lowest BCUT2D eigenvalue weighted by molar-refractivity contribution is 0.393. The SMILES string of the molecule is CC(C)c1nccc(N2CCCC3(CC3)C2)n1. The fourth-order valence-electron chi connectivity index (χ4n) is 2.81. The molecule has 1 saturated carbocycles. The third kappa shape index (κ3) is 2.15. The van der Waals surface area contributed by atoms with Gasteiger partial charge in [0, 0.05) is 25.2 Å². The van der Waals surface area contributed by atoms with E-state index in [-0.39, 0.29) is 0 Å². The summed E-state index contributed by atoms with van der Waals surface area (Å²) in [5.41, 5.74) is 0.654. The van der Waals surface area contributed by atoms with E-state index in [0.29, 0.717) is 11.3 Å². The Morgan fingerprint density at radius 2 is 2.12 bits per heavy atom. The third-order valence-electron chi connectivity index (χ3n) is 4.12. The van der Waals surface area contributed by atoms with Crippen LogP contribution in [0.5, 0.6) is 0 Å². The van der Waals surface area contributed by atoms with Gasteiger partial charge in [-0.05, 0) is 37.2 Å². The first-order chi connectivity index (χ1) is 8.19. The van der Waals surface area contributed by atoms with Crippen LogP contribution >= 0.6 is 0 Å². The molecule has 2 fully saturated rings. The molecule has 1 saturated heterocycles. The highest BCUT2D eigenvalue weighted by atomic mass is 15.2. The average molecular weight is 231 g/mol. The molecule has 1 aliphatic heterocycles. The van der Waals surface area contributed by atoms with E-state index in [1.165, 1.54) is 32.2 Å². The van der Waals surface area contributed by atoms with Gasteiger partial charge in [-0.15, -0.1) is 0 Å². The summed E-state index contributed by atoms with van der Waals surface area (Å²) >= 11 is 0. The number of aromatic nitrogens is 2. The summed E-state index contributed by atoms with van der Waals surface area (Å²) in [6, 6.07) is 2.06. The van der Waals surface area contributed by atoms with Crippen LogP contribution in [0, 0.1) is 5.41 Å². The summed E-state index contributed by atoms with van der Waals surface area (Å²) in [5, 5.41) is 0. The molecule has 0 unspecified atom stereocenters. The quantitative estimate of drug-likeness (QED) is 0.783. The molecule has 2 aliphatic rings. The molecule has 0 aromatic carbocycles. The zero-order chi connectivity index (χ0) is 11.9. The molecular formula is C14H21N3. The minimum atomic E-state index is 0.412. The molecule has 2 heterocycles. The van der Waals surface area contributed by atoms with E-state index in [1.54, 1.807) is 0 Å². The van der Waals surface area contributed by atoms with Crippen molar-refractivity contribution in [3.05, 3.63) is 18.1 Å². The van der Waals surface area contributed by atoms with Gasteiger partial charge in [0.2, 0.25) is 0 Å². The first kappa shape index (κ1) is 11.0. The lowest BCUT2D eigenvalue weighted by Crippen LogP contribution is -2.37. The lowest BCUT2D eigenvalue weighted by Gasteiger charge is -2.34. The van der Waals surface area contributed by atoms with E-state index in [9.17, 15) is 0 Å². The summed E-state index contributed by atoms with van der Waals surface area (Å²) < 4.78 is 0. The van der Waals surface area contributed by atoms with E-state index < -0.39 is 0 Å². The normalized spacial score (nSPS) is 22.2. The Morgan fingerprint density at radius 1 is 1.29 bits per heavy atom. The first-order valence-electron chi connectivity index (χ1n) is 6.76. The molecule has 0 atom stereocenters. The van der Waals surface area contributed by atoms with Gasteiger partial charge in [0.15, 0.2) is 0 Å². The van der Waals surface area contributed by atoms with Crippen LogP contribution in [-0.4, -0.2) is 23.1 Å². The van der Waals surface area contributed by atoms with Crippen molar-refractivity contribution < 1.29 is 0 Å². The fraction of sp³-hybridized carbons (Fsp3) is 0.714. The summed E-state index contributed by atoms with van der Waals surface area (Å²) in [7, 11) is 0. The second-order valence-electron chi connectivity index (χ2n) is 5.95. The van der Waals surface area contributed by atoms with Crippen LogP contribution in [0.1, 0.15) is 51.3 Å². The second-order valence-corrected chi connectivity index (χ2v) is 5.95. The molecule has 1 spiro atoms. The van der Waals surface area contributed by atoms with Crippen LogP contribution in [-0.2, 0) is 0 Å². The molecule has 1 aromatic rings. The maximum absolute atomic E-state index is 4.70. The molecule has 1 aromatic heterocycles. The zero-order valence-corrected chi connectivity index (χ0v) is 10.8. The van der Waals surface area contributed by atoms with Crippen LogP contribution in [0.25, 0.3) is 0 Å². The number of rotatable bonds is 2. The summed E-state index contributed by atoms with van der Waals surface area (Å²) in [6.45, 7) is 6.67. The number of nitrogens with zero attached hydrogens (tertiary/aromatic N) is 3. The highest BCUT2D eigenvalue weighted by Gasteiger charge is 2.45. The molecule has 3 rings (SSSR count). The Kier molecular flexibility index (Phi) is 2.57. The van der Waals surface area contributed by atoms with Crippen LogP contribution in [0.4, 0.5) is 5.82 Å². The molecule has 3 heteroatoms. The standard InChI is InChI=1S/C14H21N3/c1-11(2)13-15-8-4-12(16-13)17-9-3-5-14(10-17)6-7-14/h4,8,11H,3,5-7,9-10H2,1-2H3. The summed E-state index contributed by atoms with van der Waals surface area (Å²) in [6.07, 6.45) is 7.50. The Balaban J connectivity index is 1.80. The van der Waals surface area contributed by atoms with Crippen molar-refractivity contribution in [2.45, 2.75) is 45.4 Å². The first-order valence-corrected chi connectivity index (χ1v) is 6.76. The molecule has 0 N–H and O–H groups in total. The number of hydrogen-bond acceptors (Lipinski definition) is 3. The maximum atomic E-state index is 4.70. The fourth-order valence-corrected chi connectivity index (χ4v) is 2.81. The maximum Gasteiger partial charge on any atom is 0.133 e. The van der Waals surface area contributed by atoms with Gasteiger partial charge >= 0.3 is 0 Å². The molecule has 0 radical (unpaired) electrons. The van der Waals surface area contributed by atoms with Crippen molar-refractivity contribution in [1.82, 2.24) is 9.97 Å².